The summed E-state index contributed by atoms with van der Waals surface area (Å²) in [6, 6.07) is 20.7. The molecule has 0 aliphatic heterocycles. The van der Waals surface area contributed by atoms with Gasteiger partial charge in [0.15, 0.2) is 11.0 Å². The second kappa shape index (κ2) is 10.9. The van der Waals surface area contributed by atoms with E-state index in [1.54, 1.807) is 12.4 Å². The molecule has 2 heterocycles. The normalized spacial score (nSPS) is 13.7. The fraction of sp³-hybridized carbons (Fsp3) is 0.286. The van der Waals surface area contributed by atoms with Crippen molar-refractivity contribution in [3.05, 3.63) is 95.3 Å². The van der Waals surface area contributed by atoms with Gasteiger partial charge in [-0.05, 0) is 67.0 Å². The fourth-order valence-electron chi connectivity index (χ4n) is 4.53. The van der Waals surface area contributed by atoms with Crippen molar-refractivity contribution in [1.29, 1.82) is 0 Å². The number of fused-ring (bicyclic) bond motifs is 1. The lowest BCUT2D eigenvalue weighted by molar-refractivity contribution is -0.119. The van der Waals surface area contributed by atoms with Gasteiger partial charge >= 0.3 is 0 Å². The summed E-state index contributed by atoms with van der Waals surface area (Å²) in [5.74, 6) is 1.000. The van der Waals surface area contributed by atoms with Crippen LogP contribution in [0.5, 0.6) is 0 Å². The van der Waals surface area contributed by atoms with Crippen molar-refractivity contribution < 1.29 is 4.79 Å². The Hall–Kier alpha value is -3.45. The second-order valence-electron chi connectivity index (χ2n) is 8.93. The Bertz CT molecular complexity index is 1290. The number of hydrogen-bond donors (Lipinski definition) is 1. The van der Waals surface area contributed by atoms with Gasteiger partial charge in [0, 0.05) is 18.0 Å². The number of carbonyl (C=O) groups is 1. The van der Waals surface area contributed by atoms with E-state index >= 15 is 0 Å². The predicted molar refractivity (Wildman–Crippen MR) is 139 cm³/mol. The van der Waals surface area contributed by atoms with E-state index < -0.39 is 0 Å². The lowest BCUT2D eigenvalue weighted by Crippen LogP contribution is -2.28. The number of nitrogens with zero attached hydrogens (tertiary/aromatic N) is 4. The predicted octanol–water partition coefficient (Wildman–Crippen LogP) is 5.24. The minimum Gasteiger partial charge on any atom is -0.349 e. The zero-order chi connectivity index (χ0) is 24.0. The van der Waals surface area contributed by atoms with Crippen molar-refractivity contribution in [2.24, 2.45) is 0 Å². The number of pyridine rings is 1. The number of aromatic nitrogens is 4. The molecule has 0 unspecified atom stereocenters. The number of carbonyl (C=O) groups excluding carboxylic acids is 1. The molecule has 6 nitrogen and oxygen atoms in total. The summed E-state index contributed by atoms with van der Waals surface area (Å²) >= 11 is 1.41. The molecule has 1 atom stereocenters. The van der Waals surface area contributed by atoms with E-state index in [0.717, 1.165) is 35.4 Å². The third-order valence-corrected chi connectivity index (χ3v) is 7.37. The molecule has 0 bridgehead atoms. The Morgan fingerprint density at radius 3 is 2.66 bits per heavy atom. The van der Waals surface area contributed by atoms with Gasteiger partial charge in [0.2, 0.25) is 5.91 Å². The average Bonchev–Trinajstić information content (AvgIpc) is 3.30. The molecular formula is C28H29N5OS. The molecule has 0 saturated carbocycles. The molecular weight excluding hydrogens is 454 g/mol. The molecule has 178 valence electrons. The summed E-state index contributed by atoms with van der Waals surface area (Å²) in [4.78, 5) is 17.1. The molecule has 1 aliphatic carbocycles. The first-order valence-corrected chi connectivity index (χ1v) is 13.1. The van der Waals surface area contributed by atoms with E-state index in [1.807, 2.05) is 37.3 Å². The Morgan fingerprint density at radius 2 is 1.86 bits per heavy atom. The van der Waals surface area contributed by atoms with Gasteiger partial charge in [-0.25, -0.2) is 0 Å². The molecule has 2 aromatic carbocycles. The highest BCUT2D eigenvalue weighted by Gasteiger charge is 2.18. The molecule has 4 aromatic rings. The molecule has 1 N–H and O–H groups in total. The Balaban J connectivity index is 1.28. The first-order chi connectivity index (χ1) is 17.2. The number of thioether (sulfide) groups is 1. The van der Waals surface area contributed by atoms with Gasteiger partial charge in [-0.1, -0.05) is 60.3 Å². The Kier molecular flexibility index (Phi) is 7.23. The van der Waals surface area contributed by atoms with Crippen molar-refractivity contribution in [2.45, 2.75) is 50.4 Å². The van der Waals surface area contributed by atoms with Crippen LogP contribution in [0.3, 0.4) is 0 Å². The van der Waals surface area contributed by atoms with Crippen LogP contribution >= 0.6 is 11.8 Å². The quantitative estimate of drug-likeness (QED) is 0.347. The summed E-state index contributed by atoms with van der Waals surface area (Å²) in [5, 5.41) is 12.7. The molecule has 0 spiro atoms. The van der Waals surface area contributed by atoms with Crippen molar-refractivity contribution >= 4 is 17.7 Å². The lowest BCUT2D eigenvalue weighted by atomic mass is 9.89. The minimum absolute atomic E-state index is 0.0163. The van der Waals surface area contributed by atoms with Gasteiger partial charge in [-0.3, -0.25) is 14.3 Å². The highest BCUT2D eigenvalue weighted by Crippen LogP contribution is 2.26. The average molecular weight is 484 g/mol. The Morgan fingerprint density at radius 1 is 1.03 bits per heavy atom. The van der Waals surface area contributed by atoms with E-state index in [0.29, 0.717) is 11.7 Å². The van der Waals surface area contributed by atoms with Gasteiger partial charge in [0.25, 0.3) is 0 Å². The van der Waals surface area contributed by atoms with Crippen LogP contribution in [0.25, 0.3) is 11.4 Å². The summed E-state index contributed by atoms with van der Waals surface area (Å²) in [5.41, 5.74) is 6.09. The smallest absolute Gasteiger partial charge is 0.230 e. The third kappa shape index (κ3) is 5.62. The third-order valence-electron chi connectivity index (χ3n) is 6.40. The van der Waals surface area contributed by atoms with Crippen LogP contribution < -0.4 is 5.32 Å². The van der Waals surface area contributed by atoms with Gasteiger partial charge < -0.3 is 5.32 Å². The second-order valence-corrected chi connectivity index (χ2v) is 9.88. The zero-order valence-corrected chi connectivity index (χ0v) is 20.7. The Labute approximate surface area is 210 Å². The van der Waals surface area contributed by atoms with E-state index in [4.69, 9.17) is 0 Å². The van der Waals surface area contributed by atoms with Gasteiger partial charge in [-0.2, -0.15) is 0 Å². The van der Waals surface area contributed by atoms with Gasteiger partial charge in [0.05, 0.1) is 18.3 Å². The SMILES string of the molecule is C[C@H](NC(=O)CSc1nnc(-c2cccnc2)n1Cc1ccccc1)c1ccc2c(c1)CCCC2. The van der Waals surface area contributed by atoms with Crippen LogP contribution in [0.2, 0.25) is 0 Å². The summed E-state index contributed by atoms with van der Waals surface area (Å²) in [6.45, 7) is 2.67. The molecule has 1 aliphatic rings. The summed E-state index contributed by atoms with van der Waals surface area (Å²) in [6.07, 6.45) is 8.34. The summed E-state index contributed by atoms with van der Waals surface area (Å²) < 4.78 is 2.05. The standard InChI is InChI=1S/C28H29N5OS/c1-20(23-14-13-22-10-5-6-11-24(22)16-23)30-26(34)19-35-28-32-31-27(25-12-7-15-29-17-25)33(28)18-21-8-3-2-4-9-21/h2-4,7-9,12-17,20H,5-6,10-11,18-19H2,1H3,(H,30,34)/t20-/m0/s1. The van der Waals surface area contributed by atoms with Gasteiger partial charge in [0.1, 0.15) is 0 Å². The van der Waals surface area contributed by atoms with Crippen molar-refractivity contribution in [3.63, 3.8) is 0 Å². The number of amides is 1. The highest BCUT2D eigenvalue weighted by atomic mass is 32.2. The van der Waals surface area contributed by atoms with Crippen LogP contribution in [-0.4, -0.2) is 31.4 Å². The molecule has 0 radical (unpaired) electrons. The van der Waals surface area contributed by atoms with E-state index in [2.05, 4.69) is 55.4 Å². The monoisotopic (exact) mass is 483 g/mol. The fourth-order valence-corrected chi connectivity index (χ4v) is 5.28. The maximum atomic E-state index is 12.8. The summed E-state index contributed by atoms with van der Waals surface area (Å²) in [7, 11) is 0. The van der Waals surface area contributed by atoms with E-state index in [-0.39, 0.29) is 17.7 Å². The molecule has 0 saturated heterocycles. The lowest BCUT2D eigenvalue weighted by Gasteiger charge is -2.20. The van der Waals surface area contributed by atoms with Crippen molar-refractivity contribution in [2.75, 3.05) is 5.75 Å². The van der Waals surface area contributed by atoms with Crippen LogP contribution in [0.1, 0.15) is 48.1 Å². The van der Waals surface area contributed by atoms with Crippen LogP contribution in [0.4, 0.5) is 0 Å². The van der Waals surface area contributed by atoms with E-state index in [1.165, 1.54) is 35.7 Å². The van der Waals surface area contributed by atoms with Crippen molar-refractivity contribution in [1.82, 2.24) is 25.1 Å². The molecule has 1 amide bonds. The topological polar surface area (TPSA) is 72.7 Å². The molecule has 0 fully saturated rings. The van der Waals surface area contributed by atoms with E-state index in [9.17, 15) is 4.79 Å². The molecule has 7 heteroatoms. The first-order valence-electron chi connectivity index (χ1n) is 12.1. The zero-order valence-electron chi connectivity index (χ0n) is 19.9. The molecule has 35 heavy (non-hydrogen) atoms. The minimum atomic E-state index is -0.0385. The first kappa shape index (κ1) is 23.3. The number of hydrogen-bond acceptors (Lipinski definition) is 5. The number of benzene rings is 2. The maximum absolute atomic E-state index is 12.8. The van der Waals surface area contributed by atoms with Crippen molar-refractivity contribution in [3.8, 4) is 11.4 Å². The van der Waals surface area contributed by atoms with Crippen LogP contribution in [0.15, 0.2) is 78.2 Å². The molecule has 2 aromatic heterocycles. The van der Waals surface area contributed by atoms with Crippen LogP contribution in [-0.2, 0) is 24.2 Å². The largest absolute Gasteiger partial charge is 0.349 e. The number of nitrogens with one attached hydrogen (secondary N) is 1. The number of rotatable bonds is 8. The number of aryl methyl sites for hydroxylation is 2. The van der Waals surface area contributed by atoms with Crippen LogP contribution in [0, 0.1) is 0 Å². The highest BCUT2D eigenvalue weighted by molar-refractivity contribution is 7.99. The maximum Gasteiger partial charge on any atom is 0.230 e. The molecule has 5 rings (SSSR count). The van der Waals surface area contributed by atoms with Gasteiger partial charge in [-0.15, -0.1) is 10.2 Å².